The third-order valence-corrected chi connectivity index (χ3v) is 2.68. The largest absolute Gasteiger partial charge is 0.356 e. The maximum absolute atomic E-state index is 5.81. The Morgan fingerprint density at radius 1 is 1.27 bits per heavy atom. The lowest BCUT2D eigenvalue weighted by atomic mass is 9.97. The number of ether oxygens (including phenoxy) is 2. The zero-order valence-corrected chi connectivity index (χ0v) is 8.98. The molecule has 1 aromatic carbocycles. The summed E-state index contributed by atoms with van der Waals surface area (Å²) >= 11 is 0. The fourth-order valence-corrected chi connectivity index (χ4v) is 1.86. The van der Waals surface area contributed by atoms with Gasteiger partial charge in [0.1, 0.15) is 0 Å². The molecule has 15 heavy (non-hydrogen) atoms. The van der Waals surface area contributed by atoms with E-state index < -0.39 is 0 Å². The van der Waals surface area contributed by atoms with Crippen LogP contribution in [-0.2, 0) is 9.47 Å². The van der Waals surface area contributed by atoms with E-state index in [9.17, 15) is 0 Å². The first-order valence-corrected chi connectivity index (χ1v) is 5.19. The van der Waals surface area contributed by atoms with Crippen LogP contribution in [0.25, 0.3) is 0 Å². The van der Waals surface area contributed by atoms with Crippen molar-refractivity contribution in [1.82, 2.24) is 0 Å². The van der Waals surface area contributed by atoms with Gasteiger partial charge in [0.2, 0.25) is 0 Å². The summed E-state index contributed by atoms with van der Waals surface area (Å²) in [6, 6.07) is 10.2. The highest BCUT2D eigenvalue weighted by Gasteiger charge is 2.25. The highest BCUT2D eigenvalue weighted by atomic mass is 16.7. The molecule has 0 bridgehead atoms. The molecular formula is C13H16O2. The lowest BCUT2D eigenvalue weighted by Crippen LogP contribution is -2.25. The van der Waals surface area contributed by atoms with Gasteiger partial charge in [-0.3, -0.25) is 0 Å². The highest BCUT2D eigenvalue weighted by molar-refractivity contribution is 5.20. The number of rotatable bonds is 2. The molecule has 1 aliphatic heterocycles. The molecule has 1 heterocycles. The topological polar surface area (TPSA) is 18.5 Å². The minimum Gasteiger partial charge on any atom is -0.356 e. The molecule has 0 N–H and O–H groups in total. The van der Waals surface area contributed by atoms with Crippen molar-refractivity contribution >= 4 is 0 Å². The lowest BCUT2D eigenvalue weighted by Gasteiger charge is -2.30. The van der Waals surface area contributed by atoms with Crippen LogP contribution < -0.4 is 0 Å². The molecule has 0 aliphatic carbocycles. The normalized spacial score (nSPS) is 26.6. The van der Waals surface area contributed by atoms with E-state index >= 15 is 0 Å². The van der Waals surface area contributed by atoms with Gasteiger partial charge in [0.15, 0.2) is 6.29 Å². The Balaban J connectivity index is 2.12. The first-order chi connectivity index (χ1) is 7.29. The van der Waals surface area contributed by atoms with Crippen molar-refractivity contribution < 1.29 is 9.47 Å². The van der Waals surface area contributed by atoms with Crippen molar-refractivity contribution in [2.45, 2.75) is 25.2 Å². The van der Waals surface area contributed by atoms with E-state index in [4.69, 9.17) is 9.47 Å². The predicted octanol–water partition coefficient (Wildman–Crippen LogP) is 3.07. The molecule has 1 saturated heterocycles. The molecule has 0 amide bonds. The molecule has 2 nitrogen and oxygen atoms in total. The van der Waals surface area contributed by atoms with Gasteiger partial charge in [-0.25, -0.2) is 0 Å². The van der Waals surface area contributed by atoms with Crippen molar-refractivity contribution in [3.8, 4) is 0 Å². The van der Waals surface area contributed by atoms with Crippen LogP contribution >= 0.6 is 0 Å². The molecule has 2 rings (SSSR count). The number of methoxy groups -OCH3 is 1. The van der Waals surface area contributed by atoms with Crippen molar-refractivity contribution in [3.63, 3.8) is 0 Å². The third-order valence-electron chi connectivity index (χ3n) is 2.68. The molecule has 2 atom stereocenters. The van der Waals surface area contributed by atoms with Gasteiger partial charge in [-0.15, -0.1) is 0 Å². The molecule has 1 unspecified atom stereocenters. The van der Waals surface area contributed by atoms with Gasteiger partial charge in [0.05, 0.1) is 6.10 Å². The van der Waals surface area contributed by atoms with Crippen LogP contribution in [0.2, 0.25) is 0 Å². The first kappa shape index (κ1) is 10.4. The van der Waals surface area contributed by atoms with Crippen molar-refractivity contribution in [2.24, 2.45) is 0 Å². The lowest BCUT2D eigenvalue weighted by molar-refractivity contribution is -0.169. The second kappa shape index (κ2) is 4.60. The maximum atomic E-state index is 5.81. The van der Waals surface area contributed by atoms with Crippen LogP contribution in [0.3, 0.4) is 0 Å². The van der Waals surface area contributed by atoms with E-state index in [2.05, 4.69) is 18.7 Å². The maximum Gasteiger partial charge on any atom is 0.161 e. The van der Waals surface area contributed by atoms with E-state index in [1.807, 2.05) is 18.2 Å². The summed E-state index contributed by atoms with van der Waals surface area (Å²) in [7, 11) is 1.67. The second-order valence-corrected chi connectivity index (χ2v) is 3.86. The van der Waals surface area contributed by atoms with Crippen LogP contribution in [0.4, 0.5) is 0 Å². The summed E-state index contributed by atoms with van der Waals surface area (Å²) in [6.07, 6.45) is 1.65. The van der Waals surface area contributed by atoms with Gasteiger partial charge in [0, 0.05) is 13.5 Å². The molecule has 0 radical (unpaired) electrons. The Bertz CT molecular complexity index is 332. The van der Waals surface area contributed by atoms with E-state index in [1.165, 1.54) is 11.1 Å². The van der Waals surface area contributed by atoms with Crippen LogP contribution in [0.5, 0.6) is 0 Å². The van der Waals surface area contributed by atoms with Gasteiger partial charge in [0.25, 0.3) is 0 Å². The molecule has 2 heteroatoms. The Hall–Kier alpha value is -1.12. The van der Waals surface area contributed by atoms with E-state index in [0.29, 0.717) is 0 Å². The molecule has 1 aliphatic rings. The van der Waals surface area contributed by atoms with Crippen LogP contribution in [0.1, 0.15) is 24.5 Å². The van der Waals surface area contributed by atoms with Gasteiger partial charge in [-0.1, -0.05) is 42.5 Å². The monoisotopic (exact) mass is 204 g/mol. The molecule has 1 aromatic rings. The van der Waals surface area contributed by atoms with Crippen molar-refractivity contribution in [3.05, 3.63) is 48.0 Å². The summed E-state index contributed by atoms with van der Waals surface area (Å²) < 4.78 is 11.0. The second-order valence-electron chi connectivity index (χ2n) is 3.86. The molecule has 80 valence electrons. The van der Waals surface area contributed by atoms with Crippen LogP contribution in [0, 0.1) is 0 Å². The Kier molecular flexibility index (Phi) is 3.19. The molecular weight excluding hydrogens is 188 g/mol. The Labute approximate surface area is 90.5 Å². The predicted molar refractivity (Wildman–Crippen MR) is 59.4 cm³/mol. The van der Waals surface area contributed by atoms with Crippen LogP contribution in [0.15, 0.2) is 42.5 Å². The average Bonchev–Trinajstić information content (AvgIpc) is 2.29. The standard InChI is InChI=1S/C13H16O2/c1-10-8-12(15-13(9-10)14-2)11-6-4-3-5-7-11/h3-7,12-13H,1,8-9H2,2H3/t12-,13?/m0/s1. The molecule has 1 fully saturated rings. The SMILES string of the molecule is C=C1CC(OC)O[C@H](c2ccccc2)C1. The van der Waals surface area contributed by atoms with Crippen LogP contribution in [-0.4, -0.2) is 13.4 Å². The summed E-state index contributed by atoms with van der Waals surface area (Å²) in [4.78, 5) is 0. The quantitative estimate of drug-likeness (QED) is 0.689. The van der Waals surface area contributed by atoms with E-state index in [0.717, 1.165) is 12.8 Å². The summed E-state index contributed by atoms with van der Waals surface area (Å²) in [5.41, 5.74) is 2.39. The fraction of sp³-hybridized carbons (Fsp3) is 0.385. The first-order valence-electron chi connectivity index (χ1n) is 5.19. The summed E-state index contributed by atoms with van der Waals surface area (Å²) in [6.45, 7) is 4.03. The zero-order valence-electron chi connectivity index (χ0n) is 8.98. The average molecular weight is 204 g/mol. The van der Waals surface area contributed by atoms with Crippen molar-refractivity contribution in [1.29, 1.82) is 0 Å². The van der Waals surface area contributed by atoms with E-state index in [1.54, 1.807) is 7.11 Å². The minimum absolute atomic E-state index is 0.0948. The minimum atomic E-state index is -0.142. The molecule has 0 spiro atoms. The summed E-state index contributed by atoms with van der Waals surface area (Å²) in [5, 5.41) is 0. The Morgan fingerprint density at radius 2 is 2.00 bits per heavy atom. The highest BCUT2D eigenvalue weighted by Crippen LogP contribution is 2.33. The van der Waals surface area contributed by atoms with Gasteiger partial charge >= 0.3 is 0 Å². The summed E-state index contributed by atoms with van der Waals surface area (Å²) in [5.74, 6) is 0. The number of benzene rings is 1. The Morgan fingerprint density at radius 3 is 2.67 bits per heavy atom. The van der Waals surface area contributed by atoms with Gasteiger partial charge in [-0.05, 0) is 12.0 Å². The zero-order chi connectivity index (χ0) is 10.7. The fourth-order valence-electron chi connectivity index (χ4n) is 1.86. The third kappa shape index (κ3) is 2.46. The van der Waals surface area contributed by atoms with Gasteiger partial charge in [-0.2, -0.15) is 0 Å². The smallest absolute Gasteiger partial charge is 0.161 e. The molecule has 0 saturated carbocycles. The van der Waals surface area contributed by atoms with Gasteiger partial charge < -0.3 is 9.47 Å². The van der Waals surface area contributed by atoms with Crippen molar-refractivity contribution in [2.75, 3.05) is 7.11 Å². The number of hydrogen-bond donors (Lipinski definition) is 0. The van der Waals surface area contributed by atoms with E-state index in [-0.39, 0.29) is 12.4 Å². The number of hydrogen-bond acceptors (Lipinski definition) is 2. The molecule has 0 aromatic heterocycles.